The van der Waals surface area contributed by atoms with Crippen molar-refractivity contribution >= 4 is 23.2 Å². The number of hydrogen-bond donors (Lipinski definition) is 0. The van der Waals surface area contributed by atoms with Crippen LogP contribution in [-0.2, 0) is 24.0 Å². The molecule has 0 saturated heterocycles. The third-order valence-electron chi connectivity index (χ3n) is 3.95. The maximum Gasteiger partial charge on any atom is 1.00 e. The van der Waals surface area contributed by atoms with E-state index in [0.717, 1.165) is 0 Å². The molecule has 0 spiro atoms. The Balaban J connectivity index is 0.00000529. The summed E-state index contributed by atoms with van der Waals surface area (Å²) in [6.07, 6.45) is 2.80. The van der Waals surface area contributed by atoms with Crippen LogP contribution in [-0.4, -0.2) is 37.0 Å². The smallest absolute Gasteiger partial charge is 0.468 e. The molecule has 6 nitrogen and oxygen atoms in total. The minimum absolute atomic E-state index is 0. The van der Waals surface area contributed by atoms with E-state index >= 15 is 0 Å². The van der Waals surface area contributed by atoms with Crippen molar-refractivity contribution in [1.29, 1.82) is 0 Å². The third-order valence-corrected chi connectivity index (χ3v) is 3.95. The number of carbonyl (C=O) groups is 3. The van der Waals surface area contributed by atoms with Gasteiger partial charge in [-0.25, -0.2) is 0 Å². The number of ether oxygens (including phenoxy) is 1. The molecule has 1 aliphatic rings. The quantitative estimate of drug-likeness (QED) is 0.116. The van der Waals surface area contributed by atoms with E-state index in [1.54, 1.807) is 13.8 Å². The summed E-state index contributed by atoms with van der Waals surface area (Å²) in [5, 5.41) is 3.95. The SMILES string of the molecule is C=CCO/N=C(\CCC)C1C(=O)CC(C)(C)C(C(=O)OC)C1=O.[Na+]. The van der Waals surface area contributed by atoms with E-state index in [1.165, 1.54) is 13.2 Å². The Kier molecular flexibility index (Phi) is 9.70. The fourth-order valence-electron chi connectivity index (χ4n) is 2.94. The molecular weight excluding hydrogens is 321 g/mol. The van der Waals surface area contributed by atoms with Gasteiger partial charge in [0.1, 0.15) is 24.2 Å². The molecule has 7 heteroatoms. The molecule has 128 valence electrons. The first-order chi connectivity index (χ1) is 10.8. The predicted molar refractivity (Wildman–Crippen MR) is 85.9 cm³/mol. The van der Waals surface area contributed by atoms with E-state index in [-0.39, 0.29) is 48.4 Å². The molecule has 1 aliphatic carbocycles. The van der Waals surface area contributed by atoms with Crippen LogP contribution in [0, 0.1) is 17.3 Å². The molecule has 0 aliphatic heterocycles. The first-order valence-corrected chi connectivity index (χ1v) is 7.74. The van der Waals surface area contributed by atoms with Gasteiger partial charge in [-0.05, 0) is 11.8 Å². The van der Waals surface area contributed by atoms with Gasteiger partial charge in [-0.2, -0.15) is 0 Å². The van der Waals surface area contributed by atoms with E-state index in [9.17, 15) is 14.4 Å². The number of hydrogen-bond acceptors (Lipinski definition) is 6. The normalized spacial score (nSPS) is 23.2. The fraction of sp³-hybridized carbons (Fsp3) is 0.647. The van der Waals surface area contributed by atoms with Crippen molar-refractivity contribution in [3.8, 4) is 0 Å². The van der Waals surface area contributed by atoms with Crippen LogP contribution in [0.3, 0.4) is 0 Å². The van der Waals surface area contributed by atoms with Gasteiger partial charge >= 0.3 is 35.5 Å². The molecular formula is C17H25NNaO5+. The molecule has 0 aromatic carbocycles. The van der Waals surface area contributed by atoms with Gasteiger partial charge in [-0.3, -0.25) is 14.4 Å². The van der Waals surface area contributed by atoms with Gasteiger partial charge in [0.05, 0.1) is 12.8 Å². The number of methoxy groups -OCH3 is 1. The van der Waals surface area contributed by atoms with Crippen LogP contribution in [0.1, 0.15) is 40.0 Å². The molecule has 1 rings (SSSR count). The summed E-state index contributed by atoms with van der Waals surface area (Å²) in [4.78, 5) is 42.4. The molecule has 1 saturated carbocycles. The molecule has 0 aromatic rings. The molecule has 0 heterocycles. The summed E-state index contributed by atoms with van der Waals surface area (Å²) in [6, 6.07) is 0. The fourth-order valence-corrected chi connectivity index (χ4v) is 2.94. The summed E-state index contributed by atoms with van der Waals surface area (Å²) in [5.74, 6) is -3.30. The Hall–Kier alpha value is -0.980. The summed E-state index contributed by atoms with van der Waals surface area (Å²) in [5.41, 5.74) is -0.398. The number of ketones is 2. The van der Waals surface area contributed by atoms with Crippen molar-refractivity contribution in [2.24, 2.45) is 22.4 Å². The van der Waals surface area contributed by atoms with Crippen LogP contribution >= 0.6 is 0 Å². The Bertz CT molecular complexity index is 527. The van der Waals surface area contributed by atoms with E-state index in [0.29, 0.717) is 18.6 Å². The largest absolute Gasteiger partial charge is 1.00 e. The van der Waals surface area contributed by atoms with Crippen LogP contribution in [0.2, 0.25) is 0 Å². The molecule has 2 unspecified atom stereocenters. The minimum atomic E-state index is -1.03. The molecule has 24 heavy (non-hydrogen) atoms. The Labute approximate surface area is 165 Å². The molecule has 0 aromatic heterocycles. The van der Waals surface area contributed by atoms with Gasteiger partial charge < -0.3 is 9.57 Å². The van der Waals surface area contributed by atoms with Crippen molar-refractivity contribution in [2.45, 2.75) is 40.0 Å². The van der Waals surface area contributed by atoms with Crippen molar-refractivity contribution in [3.63, 3.8) is 0 Å². The zero-order valence-electron chi connectivity index (χ0n) is 15.3. The molecule has 0 amide bonds. The average Bonchev–Trinajstić information content (AvgIpc) is 2.45. The maximum atomic E-state index is 12.8. The number of oxime groups is 1. The summed E-state index contributed by atoms with van der Waals surface area (Å²) >= 11 is 0. The van der Waals surface area contributed by atoms with E-state index in [1.807, 2.05) is 6.92 Å². The van der Waals surface area contributed by atoms with Gasteiger partial charge in [0.15, 0.2) is 5.78 Å². The van der Waals surface area contributed by atoms with Crippen LogP contribution in [0.5, 0.6) is 0 Å². The van der Waals surface area contributed by atoms with Crippen LogP contribution in [0.25, 0.3) is 0 Å². The number of Topliss-reactive ketones (excluding diaryl/α,β-unsaturated/α-hetero) is 2. The minimum Gasteiger partial charge on any atom is -0.468 e. The van der Waals surface area contributed by atoms with Crippen LogP contribution < -0.4 is 29.6 Å². The zero-order chi connectivity index (χ0) is 17.6. The Morgan fingerprint density at radius 3 is 2.54 bits per heavy atom. The van der Waals surface area contributed by atoms with E-state index < -0.39 is 29.0 Å². The number of nitrogens with zero attached hydrogens (tertiary/aromatic N) is 1. The van der Waals surface area contributed by atoms with Crippen molar-refractivity contribution in [1.82, 2.24) is 0 Å². The standard InChI is InChI=1S/C17H25NO5.Na/c1-6-8-11(18-23-9-7-2)13-12(19)10-17(3,4)14(15(13)20)16(21)22-5;/h7,13-14H,2,6,8-10H2,1,3-5H3;/q;+1/b18-11+;. The van der Waals surface area contributed by atoms with Crippen LogP contribution in [0.15, 0.2) is 17.8 Å². The Morgan fingerprint density at radius 1 is 1.42 bits per heavy atom. The van der Waals surface area contributed by atoms with Gasteiger partial charge in [0.2, 0.25) is 0 Å². The number of rotatable bonds is 7. The Morgan fingerprint density at radius 2 is 2.04 bits per heavy atom. The summed E-state index contributed by atoms with van der Waals surface area (Å²) in [6.45, 7) is 9.09. The van der Waals surface area contributed by atoms with Crippen molar-refractivity contribution in [2.75, 3.05) is 13.7 Å². The number of esters is 1. The second-order valence-corrected chi connectivity index (χ2v) is 6.34. The first kappa shape index (κ1) is 23.0. The predicted octanol–water partition coefficient (Wildman–Crippen LogP) is -0.677. The average molecular weight is 346 g/mol. The second kappa shape index (κ2) is 10.1. The number of carbonyl (C=O) groups excluding carboxylic acids is 3. The van der Waals surface area contributed by atoms with Gasteiger partial charge in [0, 0.05) is 6.42 Å². The molecule has 0 radical (unpaired) electrons. The zero-order valence-corrected chi connectivity index (χ0v) is 17.3. The van der Waals surface area contributed by atoms with E-state index in [2.05, 4.69) is 11.7 Å². The van der Waals surface area contributed by atoms with Gasteiger partial charge in [-0.1, -0.05) is 45.0 Å². The van der Waals surface area contributed by atoms with Gasteiger partial charge in [-0.15, -0.1) is 0 Å². The molecule has 0 bridgehead atoms. The van der Waals surface area contributed by atoms with Crippen molar-refractivity contribution < 1.29 is 53.5 Å². The molecule has 0 N–H and O–H groups in total. The second-order valence-electron chi connectivity index (χ2n) is 6.34. The molecule has 1 fully saturated rings. The third kappa shape index (κ3) is 5.26. The monoisotopic (exact) mass is 346 g/mol. The van der Waals surface area contributed by atoms with Crippen LogP contribution in [0.4, 0.5) is 0 Å². The molecule has 2 atom stereocenters. The maximum absolute atomic E-state index is 12.8. The first-order valence-electron chi connectivity index (χ1n) is 7.74. The summed E-state index contributed by atoms with van der Waals surface area (Å²) in [7, 11) is 1.24. The topological polar surface area (TPSA) is 82.0 Å². The van der Waals surface area contributed by atoms with E-state index in [4.69, 9.17) is 9.57 Å². The van der Waals surface area contributed by atoms with Gasteiger partial charge in [0.25, 0.3) is 0 Å². The summed E-state index contributed by atoms with van der Waals surface area (Å²) < 4.78 is 4.76. The van der Waals surface area contributed by atoms with Crippen molar-refractivity contribution in [3.05, 3.63) is 12.7 Å².